The molecule has 0 heterocycles. The summed E-state index contributed by atoms with van der Waals surface area (Å²) in [6.45, 7) is 2.14. The first-order valence-electron chi connectivity index (χ1n) is 8.00. The molecule has 9 heteroatoms. The van der Waals surface area contributed by atoms with Crippen molar-refractivity contribution in [2.45, 2.75) is 30.7 Å². The Balaban J connectivity index is 2.19. The van der Waals surface area contributed by atoms with Crippen molar-refractivity contribution < 1.29 is 18.3 Å². The molecule has 6 N–H and O–H groups in total. The van der Waals surface area contributed by atoms with E-state index in [0.717, 1.165) is 16.3 Å². The molecule has 0 unspecified atom stereocenters. The third kappa shape index (κ3) is 5.17. The van der Waals surface area contributed by atoms with Crippen molar-refractivity contribution in [3.63, 3.8) is 0 Å². The standard InChI is InChI=1S/C17H22N4O4S/c1-11-4-5-12-6-7-14(10-13(12)9-11)26(24,25)21-15(16(22)23)3-2-8-20-17(18)19/h4-7,9-10,15,21H,2-3,8H2,1H3,(H,22,23)(H4,18,19,20)/t15-/m0/s1. The van der Waals surface area contributed by atoms with E-state index in [1.54, 1.807) is 6.07 Å². The lowest BCUT2D eigenvalue weighted by atomic mass is 10.1. The zero-order chi connectivity index (χ0) is 19.3. The Hall–Kier alpha value is -2.65. The summed E-state index contributed by atoms with van der Waals surface area (Å²) in [5.41, 5.74) is 11.4. The first kappa shape index (κ1) is 19.7. The smallest absolute Gasteiger partial charge is 0.321 e. The van der Waals surface area contributed by atoms with E-state index in [0.29, 0.717) is 6.42 Å². The van der Waals surface area contributed by atoms with Crippen LogP contribution in [0.1, 0.15) is 18.4 Å². The Morgan fingerprint density at radius 3 is 2.54 bits per heavy atom. The molecule has 140 valence electrons. The number of nitrogens with two attached hydrogens (primary N) is 2. The average molecular weight is 378 g/mol. The summed E-state index contributed by atoms with van der Waals surface area (Å²) in [6, 6.07) is 9.13. The third-order valence-corrected chi connectivity index (χ3v) is 5.29. The predicted molar refractivity (Wildman–Crippen MR) is 100 cm³/mol. The van der Waals surface area contributed by atoms with Gasteiger partial charge in [0.2, 0.25) is 10.0 Å². The molecule has 0 fully saturated rings. The van der Waals surface area contributed by atoms with Gasteiger partial charge in [-0.3, -0.25) is 9.79 Å². The summed E-state index contributed by atoms with van der Waals surface area (Å²) in [5.74, 6) is -1.35. The van der Waals surface area contributed by atoms with Gasteiger partial charge in [-0.25, -0.2) is 8.42 Å². The SMILES string of the molecule is Cc1ccc2ccc(S(=O)(=O)N[C@@H](CCCN=C(N)N)C(=O)O)cc2c1. The molecular weight excluding hydrogens is 356 g/mol. The monoisotopic (exact) mass is 378 g/mol. The zero-order valence-electron chi connectivity index (χ0n) is 14.3. The van der Waals surface area contributed by atoms with Crippen molar-refractivity contribution in [2.75, 3.05) is 6.54 Å². The fourth-order valence-electron chi connectivity index (χ4n) is 2.50. The lowest BCUT2D eigenvalue weighted by molar-refractivity contribution is -0.139. The van der Waals surface area contributed by atoms with Crippen LogP contribution >= 0.6 is 0 Å². The van der Waals surface area contributed by atoms with E-state index in [2.05, 4.69) is 9.71 Å². The molecule has 1 atom stereocenters. The summed E-state index contributed by atoms with van der Waals surface area (Å²) in [5, 5.41) is 11.0. The van der Waals surface area contributed by atoms with Gasteiger partial charge in [0, 0.05) is 6.54 Å². The number of aliphatic imine (C=N–C) groups is 1. The van der Waals surface area contributed by atoms with Crippen molar-refractivity contribution >= 4 is 32.7 Å². The van der Waals surface area contributed by atoms with Crippen LogP contribution in [-0.4, -0.2) is 38.0 Å². The molecule has 2 rings (SSSR count). The van der Waals surface area contributed by atoms with Crippen molar-refractivity contribution in [1.29, 1.82) is 0 Å². The fraction of sp³-hybridized carbons (Fsp3) is 0.294. The number of fused-ring (bicyclic) bond motifs is 1. The summed E-state index contributed by atoms with van der Waals surface area (Å²) < 4.78 is 27.4. The van der Waals surface area contributed by atoms with Crippen molar-refractivity contribution in [1.82, 2.24) is 4.72 Å². The van der Waals surface area contributed by atoms with Crippen molar-refractivity contribution in [3.05, 3.63) is 42.0 Å². The van der Waals surface area contributed by atoms with Crippen LogP contribution in [0.5, 0.6) is 0 Å². The molecule has 0 bridgehead atoms. The molecule has 0 aliphatic rings. The summed E-state index contributed by atoms with van der Waals surface area (Å²) in [6.07, 6.45) is 0.395. The number of nitrogens with zero attached hydrogens (tertiary/aromatic N) is 1. The second kappa shape index (κ2) is 8.15. The summed E-state index contributed by atoms with van der Waals surface area (Å²) >= 11 is 0. The lowest BCUT2D eigenvalue weighted by Crippen LogP contribution is -2.40. The van der Waals surface area contributed by atoms with Gasteiger partial charge >= 0.3 is 5.97 Å². The second-order valence-electron chi connectivity index (χ2n) is 5.97. The molecule has 2 aromatic rings. The van der Waals surface area contributed by atoms with Gasteiger partial charge in [-0.1, -0.05) is 29.8 Å². The summed E-state index contributed by atoms with van der Waals surface area (Å²) in [4.78, 5) is 15.2. The van der Waals surface area contributed by atoms with Gasteiger partial charge in [0.15, 0.2) is 5.96 Å². The van der Waals surface area contributed by atoms with Crippen LogP contribution in [0.2, 0.25) is 0 Å². The van der Waals surface area contributed by atoms with Gasteiger partial charge in [-0.15, -0.1) is 0 Å². The van der Waals surface area contributed by atoms with Crippen LogP contribution in [0, 0.1) is 6.92 Å². The Labute approximate surface area is 152 Å². The lowest BCUT2D eigenvalue weighted by Gasteiger charge is -2.15. The molecule has 0 aromatic heterocycles. The topological polar surface area (TPSA) is 148 Å². The molecular formula is C17H22N4O4S. The number of rotatable bonds is 8. The average Bonchev–Trinajstić information content (AvgIpc) is 2.56. The molecule has 0 aliphatic carbocycles. The van der Waals surface area contributed by atoms with Gasteiger partial charge < -0.3 is 16.6 Å². The number of hydrogen-bond donors (Lipinski definition) is 4. The highest BCUT2D eigenvalue weighted by Crippen LogP contribution is 2.21. The molecule has 8 nitrogen and oxygen atoms in total. The van der Waals surface area contributed by atoms with Gasteiger partial charge in [0.25, 0.3) is 0 Å². The first-order valence-corrected chi connectivity index (χ1v) is 9.48. The van der Waals surface area contributed by atoms with E-state index < -0.39 is 22.0 Å². The summed E-state index contributed by atoms with van der Waals surface area (Å²) in [7, 11) is -3.98. The van der Waals surface area contributed by atoms with Gasteiger partial charge in [0.05, 0.1) is 4.90 Å². The fourth-order valence-corrected chi connectivity index (χ4v) is 3.76. The minimum atomic E-state index is -3.98. The largest absolute Gasteiger partial charge is 0.480 e. The molecule has 2 aromatic carbocycles. The van der Waals surface area contributed by atoms with Gasteiger partial charge in [0.1, 0.15) is 6.04 Å². The molecule has 0 saturated heterocycles. The normalized spacial score (nSPS) is 12.7. The van der Waals surface area contributed by atoms with Crippen molar-refractivity contribution in [2.24, 2.45) is 16.5 Å². The van der Waals surface area contributed by atoms with Crippen LogP contribution < -0.4 is 16.2 Å². The number of benzene rings is 2. The molecule has 0 radical (unpaired) electrons. The highest BCUT2D eigenvalue weighted by Gasteiger charge is 2.25. The number of nitrogens with one attached hydrogen (secondary N) is 1. The second-order valence-corrected chi connectivity index (χ2v) is 7.69. The van der Waals surface area contributed by atoms with Crippen LogP contribution in [0.15, 0.2) is 46.3 Å². The number of sulfonamides is 1. The number of aryl methyl sites for hydroxylation is 1. The Bertz CT molecular complexity index is 937. The Morgan fingerprint density at radius 2 is 1.88 bits per heavy atom. The number of carbonyl (C=O) groups is 1. The van der Waals surface area contributed by atoms with E-state index >= 15 is 0 Å². The quantitative estimate of drug-likeness (QED) is 0.305. The number of hydrogen-bond acceptors (Lipinski definition) is 4. The van der Waals surface area contributed by atoms with E-state index in [1.807, 2.05) is 25.1 Å². The first-order chi connectivity index (χ1) is 12.2. The highest BCUT2D eigenvalue weighted by atomic mass is 32.2. The Morgan fingerprint density at radius 1 is 1.19 bits per heavy atom. The number of guanidine groups is 1. The maximum absolute atomic E-state index is 12.6. The van der Waals surface area contributed by atoms with Crippen molar-refractivity contribution in [3.8, 4) is 0 Å². The number of carboxylic acids is 1. The third-order valence-electron chi connectivity index (χ3n) is 3.82. The van der Waals surface area contributed by atoms with Gasteiger partial charge in [-0.2, -0.15) is 4.72 Å². The molecule has 0 spiro atoms. The number of aliphatic carboxylic acids is 1. The van der Waals surface area contributed by atoms with E-state index in [4.69, 9.17) is 11.5 Å². The van der Waals surface area contributed by atoms with Gasteiger partial charge in [-0.05, 0) is 42.7 Å². The minimum absolute atomic E-state index is 0.0195. The van der Waals surface area contributed by atoms with Crippen LogP contribution in [-0.2, 0) is 14.8 Å². The van der Waals surface area contributed by atoms with Crippen LogP contribution in [0.3, 0.4) is 0 Å². The molecule has 0 amide bonds. The molecule has 0 saturated carbocycles. The highest BCUT2D eigenvalue weighted by molar-refractivity contribution is 7.89. The maximum Gasteiger partial charge on any atom is 0.321 e. The zero-order valence-corrected chi connectivity index (χ0v) is 15.2. The maximum atomic E-state index is 12.6. The predicted octanol–water partition coefficient (Wildman–Crippen LogP) is 0.933. The van der Waals surface area contributed by atoms with Crippen LogP contribution in [0.4, 0.5) is 0 Å². The Kier molecular flexibility index (Phi) is 6.17. The van der Waals surface area contributed by atoms with E-state index in [9.17, 15) is 18.3 Å². The van der Waals surface area contributed by atoms with Crippen LogP contribution in [0.25, 0.3) is 10.8 Å². The molecule has 0 aliphatic heterocycles. The minimum Gasteiger partial charge on any atom is -0.480 e. The van der Waals surface area contributed by atoms with E-state index in [1.165, 1.54) is 12.1 Å². The van der Waals surface area contributed by atoms with E-state index in [-0.39, 0.29) is 23.8 Å². The number of carboxylic acid groups (broad SMARTS) is 1. The molecule has 26 heavy (non-hydrogen) atoms.